The van der Waals surface area contributed by atoms with E-state index in [-0.39, 0.29) is 5.56 Å². The van der Waals surface area contributed by atoms with Crippen molar-refractivity contribution in [1.29, 1.82) is 0 Å². The van der Waals surface area contributed by atoms with E-state index >= 15 is 0 Å². The molecule has 0 spiro atoms. The molecule has 2 unspecified atom stereocenters. The van der Waals surface area contributed by atoms with Gasteiger partial charge in [0.05, 0.1) is 6.10 Å². The summed E-state index contributed by atoms with van der Waals surface area (Å²) < 4.78 is 16.1. The van der Waals surface area contributed by atoms with Crippen molar-refractivity contribution in [3.63, 3.8) is 0 Å². The highest BCUT2D eigenvalue weighted by Crippen LogP contribution is 2.29. The average molecular weight is 195 g/mol. The fraction of sp³-hybridized carbons (Fsp3) is 1.00. The molecule has 2 atom stereocenters. The van der Waals surface area contributed by atoms with Crippen molar-refractivity contribution in [2.75, 3.05) is 0 Å². The molecule has 12 heavy (non-hydrogen) atoms. The number of alkyl halides is 2. The Kier molecular flexibility index (Phi) is 4.30. The second-order valence-electron chi connectivity index (χ2n) is 3.34. The Hall–Kier alpha value is 0.180. The topological polar surface area (TPSA) is 12.5 Å². The monoisotopic (exact) mass is 194 g/mol. The number of hydrogen-bond acceptors (Lipinski definition) is 1. The Bertz CT molecular complexity index is 128. The van der Waals surface area contributed by atoms with Crippen LogP contribution in [0.5, 0.6) is 0 Å². The van der Waals surface area contributed by atoms with Crippen LogP contribution in [-0.2, 0) is 4.74 Å². The van der Waals surface area contributed by atoms with Gasteiger partial charge in [0, 0.05) is 0 Å². The van der Waals surface area contributed by atoms with Gasteiger partial charge in [0.15, 0.2) is 5.56 Å². The summed E-state index contributed by atoms with van der Waals surface area (Å²) in [6.07, 6.45) is 5.23. The molecule has 1 aliphatic carbocycles. The number of rotatable bonds is 3. The molecular weight excluding hydrogens is 179 g/mol. The maximum Gasteiger partial charge on any atom is 0.157 e. The van der Waals surface area contributed by atoms with Gasteiger partial charge in [0.25, 0.3) is 0 Å². The molecular formula is C9H16ClFO. The zero-order chi connectivity index (χ0) is 8.97. The van der Waals surface area contributed by atoms with Crippen LogP contribution in [-0.4, -0.2) is 17.8 Å². The van der Waals surface area contributed by atoms with Gasteiger partial charge in [-0.15, -0.1) is 0 Å². The van der Waals surface area contributed by atoms with Crippen molar-refractivity contribution in [3.8, 4) is 0 Å². The highest BCUT2D eigenvalue weighted by molar-refractivity contribution is 6.21. The Labute approximate surface area is 78.2 Å². The van der Waals surface area contributed by atoms with Gasteiger partial charge in [-0.05, 0) is 19.3 Å². The summed E-state index contributed by atoms with van der Waals surface area (Å²) in [5.74, 6) is 0. The first-order valence-electron chi connectivity index (χ1n) is 4.67. The van der Waals surface area contributed by atoms with Crippen LogP contribution >= 0.6 is 11.6 Å². The minimum absolute atomic E-state index is 0.0431. The summed E-state index contributed by atoms with van der Waals surface area (Å²) in [6, 6.07) is 0. The summed E-state index contributed by atoms with van der Waals surface area (Å²) in [5, 5.41) is 0. The van der Waals surface area contributed by atoms with Gasteiger partial charge in [-0.25, -0.2) is 4.39 Å². The summed E-state index contributed by atoms with van der Waals surface area (Å²) >= 11 is 5.57. The van der Waals surface area contributed by atoms with Crippen molar-refractivity contribution in [2.45, 2.75) is 56.9 Å². The molecule has 1 saturated carbocycles. The van der Waals surface area contributed by atoms with Crippen molar-refractivity contribution >= 4 is 11.6 Å². The SMILES string of the molecule is CCCCC1OC1Cl.FC1CC1. The van der Waals surface area contributed by atoms with E-state index < -0.39 is 6.17 Å². The fourth-order valence-corrected chi connectivity index (χ4v) is 1.05. The number of halogens is 2. The van der Waals surface area contributed by atoms with E-state index in [0.29, 0.717) is 6.10 Å². The first-order valence-corrected chi connectivity index (χ1v) is 5.11. The molecule has 0 radical (unpaired) electrons. The molecule has 2 aliphatic rings. The maximum atomic E-state index is 11.1. The van der Waals surface area contributed by atoms with E-state index in [1.165, 1.54) is 12.8 Å². The first kappa shape index (κ1) is 10.3. The molecule has 0 aromatic rings. The van der Waals surface area contributed by atoms with E-state index in [0.717, 1.165) is 19.3 Å². The quantitative estimate of drug-likeness (QED) is 0.496. The van der Waals surface area contributed by atoms with Crippen LogP contribution in [0.25, 0.3) is 0 Å². The van der Waals surface area contributed by atoms with Gasteiger partial charge >= 0.3 is 0 Å². The standard InChI is InChI=1S/C6H11ClO.C3H5F/c1-2-3-4-5-6(7)8-5;4-3-1-2-3/h5-6H,2-4H2,1H3;3H,1-2H2. The molecule has 1 saturated heterocycles. The molecule has 0 N–H and O–H groups in total. The third-order valence-electron chi connectivity index (χ3n) is 1.87. The maximum absolute atomic E-state index is 11.1. The predicted octanol–water partition coefficient (Wildman–Crippen LogP) is 3.26. The third kappa shape index (κ3) is 4.94. The zero-order valence-corrected chi connectivity index (χ0v) is 8.19. The van der Waals surface area contributed by atoms with E-state index in [9.17, 15) is 4.39 Å². The number of epoxide rings is 1. The predicted molar refractivity (Wildman–Crippen MR) is 48.2 cm³/mol. The second-order valence-corrected chi connectivity index (χ2v) is 3.77. The number of unbranched alkanes of at least 4 members (excludes halogenated alkanes) is 1. The van der Waals surface area contributed by atoms with Crippen LogP contribution in [0.2, 0.25) is 0 Å². The Balaban J connectivity index is 0.000000150. The largest absolute Gasteiger partial charge is 0.352 e. The Morgan fingerprint density at radius 1 is 1.50 bits per heavy atom. The fourth-order valence-electron chi connectivity index (χ4n) is 0.789. The van der Waals surface area contributed by atoms with Crippen LogP contribution in [0.4, 0.5) is 4.39 Å². The molecule has 1 nitrogen and oxygen atoms in total. The van der Waals surface area contributed by atoms with Gasteiger partial charge in [-0.1, -0.05) is 31.4 Å². The van der Waals surface area contributed by atoms with Crippen LogP contribution < -0.4 is 0 Å². The lowest BCUT2D eigenvalue weighted by atomic mass is 10.2. The highest BCUT2D eigenvalue weighted by Gasteiger charge is 2.35. The van der Waals surface area contributed by atoms with Crippen molar-refractivity contribution in [1.82, 2.24) is 0 Å². The molecule has 0 bridgehead atoms. The number of hydrogen-bond donors (Lipinski definition) is 0. The molecule has 0 aromatic heterocycles. The summed E-state index contributed by atoms with van der Waals surface area (Å²) in [4.78, 5) is 0. The summed E-state index contributed by atoms with van der Waals surface area (Å²) in [5.41, 5.74) is 0.0431. The average Bonchev–Trinajstić information content (AvgIpc) is 2.91. The summed E-state index contributed by atoms with van der Waals surface area (Å²) in [6.45, 7) is 2.17. The van der Waals surface area contributed by atoms with E-state index in [1.807, 2.05) is 0 Å². The molecule has 2 fully saturated rings. The lowest BCUT2D eigenvalue weighted by molar-refractivity contribution is 0.383. The molecule has 0 aromatic carbocycles. The smallest absolute Gasteiger partial charge is 0.157 e. The van der Waals surface area contributed by atoms with Crippen LogP contribution in [0.15, 0.2) is 0 Å². The van der Waals surface area contributed by atoms with E-state index in [4.69, 9.17) is 16.3 Å². The lowest BCUT2D eigenvalue weighted by Crippen LogP contribution is -1.85. The molecule has 2 rings (SSSR count). The van der Waals surface area contributed by atoms with Crippen molar-refractivity contribution in [2.24, 2.45) is 0 Å². The van der Waals surface area contributed by atoms with Crippen LogP contribution in [0, 0.1) is 0 Å². The third-order valence-corrected chi connectivity index (χ3v) is 2.25. The van der Waals surface area contributed by atoms with Gasteiger partial charge in [-0.3, -0.25) is 0 Å². The van der Waals surface area contributed by atoms with Crippen molar-refractivity contribution < 1.29 is 9.13 Å². The molecule has 1 aliphatic heterocycles. The van der Waals surface area contributed by atoms with Gasteiger partial charge in [0.1, 0.15) is 6.17 Å². The molecule has 3 heteroatoms. The van der Waals surface area contributed by atoms with E-state index in [1.54, 1.807) is 0 Å². The minimum atomic E-state index is -0.417. The molecule has 0 amide bonds. The van der Waals surface area contributed by atoms with Crippen molar-refractivity contribution in [3.05, 3.63) is 0 Å². The van der Waals surface area contributed by atoms with Gasteiger partial charge in [0.2, 0.25) is 0 Å². The summed E-state index contributed by atoms with van der Waals surface area (Å²) in [7, 11) is 0. The normalized spacial score (nSPS) is 32.2. The first-order chi connectivity index (χ1) is 5.74. The van der Waals surface area contributed by atoms with Gasteiger partial charge < -0.3 is 4.74 Å². The van der Waals surface area contributed by atoms with Crippen LogP contribution in [0.3, 0.4) is 0 Å². The highest BCUT2D eigenvalue weighted by atomic mass is 35.5. The minimum Gasteiger partial charge on any atom is -0.352 e. The second kappa shape index (κ2) is 5.03. The zero-order valence-electron chi connectivity index (χ0n) is 7.43. The van der Waals surface area contributed by atoms with Gasteiger partial charge in [-0.2, -0.15) is 0 Å². The number of ether oxygens (including phenoxy) is 1. The Morgan fingerprint density at radius 3 is 2.25 bits per heavy atom. The molecule has 1 heterocycles. The Morgan fingerprint density at radius 2 is 2.00 bits per heavy atom. The lowest BCUT2D eigenvalue weighted by Gasteiger charge is -1.87. The molecule has 72 valence electrons. The van der Waals surface area contributed by atoms with Crippen LogP contribution in [0.1, 0.15) is 39.0 Å². The van der Waals surface area contributed by atoms with E-state index in [2.05, 4.69) is 6.92 Å².